The number of nitrogens with zero attached hydrogens (tertiary/aromatic N) is 3. The van der Waals surface area contributed by atoms with Crippen LogP contribution in [0.1, 0.15) is 11.1 Å². The van der Waals surface area contributed by atoms with Crippen molar-refractivity contribution in [3.05, 3.63) is 103 Å². The first-order chi connectivity index (χ1) is 13.3. The van der Waals surface area contributed by atoms with E-state index in [9.17, 15) is 0 Å². The van der Waals surface area contributed by atoms with Crippen LogP contribution in [0.3, 0.4) is 0 Å². The van der Waals surface area contributed by atoms with Crippen molar-refractivity contribution < 1.29 is 9.47 Å². The summed E-state index contributed by atoms with van der Waals surface area (Å²) in [7, 11) is 0. The van der Waals surface area contributed by atoms with Gasteiger partial charge in [0.15, 0.2) is 0 Å². The van der Waals surface area contributed by atoms with E-state index in [1.807, 2.05) is 78.9 Å². The maximum Gasteiger partial charge on any atom is 0.137 e. The second-order valence-electron chi connectivity index (χ2n) is 6.09. The topological polar surface area (TPSA) is 49.2 Å². The SMILES string of the molecule is c1ccc(COc2ccc(Oc3cccc(Cn4cncn4)c3)cc2)cc1. The van der Waals surface area contributed by atoms with Gasteiger partial charge in [-0.05, 0) is 47.5 Å². The zero-order valence-electron chi connectivity index (χ0n) is 14.7. The Morgan fingerprint density at radius 2 is 1.52 bits per heavy atom. The predicted molar refractivity (Wildman–Crippen MR) is 103 cm³/mol. The second-order valence-corrected chi connectivity index (χ2v) is 6.09. The molecule has 1 heterocycles. The third-order valence-electron chi connectivity index (χ3n) is 4.02. The quantitative estimate of drug-likeness (QED) is 0.481. The van der Waals surface area contributed by atoms with Gasteiger partial charge in [0.2, 0.25) is 0 Å². The lowest BCUT2D eigenvalue weighted by molar-refractivity contribution is 0.306. The first-order valence-electron chi connectivity index (χ1n) is 8.71. The highest BCUT2D eigenvalue weighted by atomic mass is 16.5. The molecule has 3 aromatic carbocycles. The molecule has 0 aliphatic carbocycles. The number of rotatable bonds is 7. The Hall–Kier alpha value is -3.60. The monoisotopic (exact) mass is 357 g/mol. The van der Waals surface area contributed by atoms with Gasteiger partial charge < -0.3 is 9.47 Å². The van der Waals surface area contributed by atoms with Crippen LogP contribution in [0, 0.1) is 0 Å². The molecular weight excluding hydrogens is 338 g/mol. The van der Waals surface area contributed by atoms with Crippen LogP contribution in [0.2, 0.25) is 0 Å². The summed E-state index contributed by atoms with van der Waals surface area (Å²) in [5.74, 6) is 2.36. The van der Waals surface area contributed by atoms with E-state index in [-0.39, 0.29) is 0 Å². The van der Waals surface area contributed by atoms with Crippen LogP contribution in [0.5, 0.6) is 17.2 Å². The van der Waals surface area contributed by atoms with E-state index >= 15 is 0 Å². The van der Waals surface area contributed by atoms with Crippen molar-refractivity contribution in [2.24, 2.45) is 0 Å². The maximum atomic E-state index is 5.96. The summed E-state index contributed by atoms with van der Waals surface area (Å²) < 4.78 is 13.5. The summed E-state index contributed by atoms with van der Waals surface area (Å²) in [5.41, 5.74) is 2.24. The molecule has 0 radical (unpaired) electrons. The highest BCUT2D eigenvalue weighted by Gasteiger charge is 2.02. The molecule has 5 heteroatoms. The lowest BCUT2D eigenvalue weighted by atomic mass is 10.2. The van der Waals surface area contributed by atoms with E-state index in [2.05, 4.69) is 10.1 Å². The lowest BCUT2D eigenvalue weighted by Gasteiger charge is -2.10. The van der Waals surface area contributed by atoms with Gasteiger partial charge in [-0.25, -0.2) is 9.67 Å². The molecular formula is C22H19N3O2. The average Bonchev–Trinajstić information content (AvgIpc) is 3.22. The molecule has 0 saturated heterocycles. The fourth-order valence-electron chi connectivity index (χ4n) is 2.69. The van der Waals surface area contributed by atoms with Gasteiger partial charge in [-0.15, -0.1) is 0 Å². The molecule has 4 rings (SSSR count). The molecule has 0 fully saturated rings. The zero-order chi connectivity index (χ0) is 18.3. The van der Waals surface area contributed by atoms with E-state index < -0.39 is 0 Å². The van der Waals surface area contributed by atoms with Crippen LogP contribution >= 0.6 is 0 Å². The third kappa shape index (κ3) is 4.73. The fourth-order valence-corrected chi connectivity index (χ4v) is 2.69. The number of hydrogen-bond donors (Lipinski definition) is 0. The highest BCUT2D eigenvalue weighted by molar-refractivity contribution is 5.37. The fraction of sp³-hybridized carbons (Fsp3) is 0.0909. The smallest absolute Gasteiger partial charge is 0.137 e. The number of hydrogen-bond acceptors (Lipinski definition) is 4. The van der Waals surface area contributed by atoms with Gasteiger partial charge in [0, 0.05) is 0 Å². The standard InChI is InChI=1S/C22H19N3O2/c1-2-5-18(6-3-1)15-26-20-9-11-21(12-10-20)27-22-8-4-7-19(13-22)14-25-17-23-16-24-25/h1-13,16-17H,14-15H2. The van der Waals surface area contributed by atoms with Crippen molar-refractivity contribution in [3.63, 3.8) is 0 Å². The Labute approximate surface area is 157 Å². The molecule has 0 saturated carbocycles. The molecule has 1 aromatic heterocycles. The van der Waals surface area contributed by atoms with Crippen LogP contribution in [-0.2, 0) is 13.2 Å². The summed E-state index contributed by atoms with van der Waals surface area (Å²) in [6.45, 7) is 1.20. The minimum Gasteiger partial charge on any atom is -0.489 e. The number of ether oxygens (including phenoxy) is 2. The third-order valence-corrected chi connectivity index (χ3v) is 4.02. The van der Waals surface area contributed by atoms with Gasteiger partial charge in [0.25, 0.3) is 0 Å². The Morgan fingerprint density at radius 1 is 0.741 bits per heavy atom. The highest BCUT2D eigenvalue weighted by Crippen LogP contribution is 2.25. The average molecular weight is 357 g/mol. The van der Waals surface area contributed by atoms with Gasteiger partial charge in [-0.2, -0.15) is 5.10 Å². The molecule has 0 aliphatic heterocycles. The van der Waals surface area contributed by atoms with Crippen LogP contribution in [0.25, 0.3) is 0 Å². The van der Waals surface area contributed by atoms with Crippen molar-refractivity contribution >= 4 is 0 Å². The van der Waals surface area contributed by atoms with Gasteiger partial charge >= 0.3 is 0 Å². The Kier molecular flexibility index (Phi) is 5.11. The van der Waals surface area contributed by atoms with Crippen molar-refractivity contribution in [1.82, 2.24) is 14.8 Å². The maximum absolute atomic E-state index is 5.96. The van der Waals surface area contributed by atoms with E-state index in [1.54, 1.807) is 11.0 Å². The van der Waals surface area contributed by atoms with E-state index in [0.717, 1.165) is 28.4 Å². The molecule has 0 amide bonds. The second kappa shape index (κ2) is 8.19. The Morgan fingerprint density at radius 3 is 2.30 bits per heavy atom. The zero-order valence-corrected chi connectivity index (χ0v) is 14.7. The molecule has 4 aromatic rings. The van der Waals surface area contributed by atoms with Crippen LogP contribution in [-0.4, -0.2) is 14.8 Å². The minimum atomic E-state index is 0.547. The van der Waals surface area contributed by atoms with Crippen molar-refractivity contribution in [1.29, 1.82) is 0 Å². The molecule has 0 unspecified atom stereocenters. The largest absolute Gasteiger partial charge is 0.489 e. The molecule has 27 heavy (non-hydrogen) atoms. The summed E-state index contributed by atoms with van der Waals surface area (Å²) in [6.07, 6.45) is 3.23. The summed E-state index contributed by atoms with van der Waals surface area (Å²) in [6, 6.07) is 25.7. The summed E-state index contributed by atoms with van der Waals surface area (Å²) in [5, 5.41) is 4.13. The van der Waals surface area contributed by atoms with E-state index in [1.165, 1.54) is 6.33 Å². The molecule has 0 atom stereocenters. The molecule has 5 nitrogen and oxygen atoms in total. The molecule has 134 valence electrons. The van der Waals surface area contributed by atoms with Gasteiger partial charge in [0.05, 0.1) is 6.54 Å². The van der Waals surface area contributed by atoms with E-state index in [0.29, 0.717) is 13.2 Å². The van der Waals surface area contributed by atoms with Crippen molar-refractivity contribution in [3.8, 4) is 17.2 Å². The first-order valence-corrected chi connectivity index (χ1v) is 8.71. The van der Waals surface area contributed by atoms with Gasteiger partial charge in [-0.1, -0.05) is 42.5 Å². The predicted octanol–water partition coefficient (Wildman–Crippen LogP) is 4.70. The molecule has 0 bridgehead atoms. The minimum absolute atomic E-state index is 0.547. The first kappa shape index (κ1) is 16.8. The van der Waals surface area contributed by atoms with Gasteiger partial charge in [-0.3, -0.25) is 0 Å². The summed E-state index contributed by atoms with van der Waals surface area (Å²) in [4.78, 5) is 3.96. The molecule has 0 N–H and O–H groups in total. The molecule has 0 spiro atoms. The van der Waals surface area contributed by atoms with E-state index in [4.69, 9.17) is 9.47 Å². The normalized spacial score (nSPS) is 10.5. The molecule has 0 aliphatic rings. The summed E-state index contributed by atoms with van der Waals surface area (Å²) >= 11 is 0. The van der Waals surface area contributed by atoms with Crippen LogP contribution in [0.4, 0.5) is 0 Å². The van der Waals surface area contributed by atoms with Crippen molar-refractivity contribution in [2.45, 2.75) is 13.2 Å². The van der Waals surface area contributed by atoms with Crippen molar-refractivity contribution in [2.75, 3.05) is 0 Å². The number of benzene rings is 3. The van der Waals surface area contributed by atoms with Crippen LogP contribution in [0.15, 0.2) is 91.5 Å². The Bertz CT molecular complexity index is 968. The number of aromatic nitrogens is 3. The van der Waals surface area contributed by atoms with Gasteiger partial charge in [0.1, 0.15) is 36.5 Å². The van der Waals surface area contributed by atoms with Crippen LogP contribution < -0.4 is 9.47 Å². The lowest BCUT2D eigenvalue weighted by Crippen LogP contribution is -1.99. The Balaban J connectivity index is 1.37.